The molecule has 1 atom stereocenters. The van der Waals surface area contributed by atoms with Crippen LogP contribution < -0.4 is 4.90 Å². The molecule has 1 aliphatic rings. The number of carboxylic acid groups (broad SMARTS) is 1. The zero-order valence-corrected chi connectivity index (χ0v) is 11.5. The maximum absolute atomic E-state index is 11.2. The highest BCUT2D eigenvalue weighted by molar-refractivity contribution is 7.09. The van der Waals surface area contributed by atoms with Crippen LogP contribution >= 0.6 is 11.5 Å². The predicted molar refractivity (Wildman–Crippen MR) is 68.2 cm³/mol. The molecule has 1 aromatic rings. The number of aliphatic carboxylic acids is 1. The fourth-order valence-corrected chi connectivity index (χ4v) is 2.61. The zero-order chi connectivity index (χ0) is 13.3. The standard InChI is InChI=1S/C11H17N3O3S/c1-11(2,3)9-12-10(18-13-9)14-4-5-17-6-7(14)8(15)16/h7H,4-6H2,1-3H3,(H,15,16). The van der Waals surface area contributed by atoms with E-state index in [0.29, 0.717) is 18.3 Å². The molecule has 0 saturated carbocycles. The zero-order valence-electron chi connectivity index (χ0n) is 10.7. The molecule has 0 aliphatic carbocycles. The van der Waals surface area contributed by atoms with Crippen molar-refractivity contribution in [2.24, 2.45) is 0 Å². The van der Waals surface area contributed by atoms with Crippen LogP contribution in [0.2, 0.25) is 0 Å². The molecule has 1 N–H and O–H groups in total. The van der Waals surface area contributed by atoms with E-state index in [4.69, 9.17) is 4.74 Å². The van der Waals surface area contributed by atoms with Gasteiger partial charge < -0.3 is 14.7 Å². The van der Waals surface area contributed by atoms with Crippen molar-refractivity contribution in [3.8, 4) is 0 Å². The Morgan fingerprint density at radius 1 is 1.56 bits per heavy atom. The number of hydrogen-bond donors (Lipinski definition) is 1. The summed E-state index contributed by atoms with van der Waals surface area (Å²) in [7, 11) is 0. The second-order valence-electron chi connectivity index (χ2n) is 5.27. The number of ether oxygens (including phenoxy) is 1. The molecule has 1 aliphatic heterocycles. The third kappa shape index (κ3) is 2.62. The molecular formula is C11H17N3O3S. The Labute approximate surface area is 110 Å². The van der Waals surface area contributed by atoms with Crippen molar-refractivity contribution in [2.45, 2.75) is 32.2 Å². The molecular weight excluding hydrogens is 254 g/mol. The number of carboxylic acids is 1. The van der Waals surface area contributed by atoms with E-state index in [2.05, 4.69) is 9.36 Å². The van der Waals surface area contributed by atoms with Crippen LogP contribution in [0.5, 0.6) is 0 Å². The van der Waals surface area contributed by atoms with Crippen molar-refractivity contribution < 1.29 is 14.6 Å². The lowest BCUT2D eigenvalue weighted by molar-refractivity contribution is -0.141. The molecule has 7 heteroatoms. The minimum absolute atomic E-state index is 0.125. The van der Waals surface area contributed by atoms with Crippen molar-refractivity contribution >= 4 is 22.6 Å². The number of carbonyl (C=O) groups is 1. The van der Waals surface area contributed by atoms with Crippen LogP contribution in [0.1, 0.15) is 26.6 Å². The van der Waals surface area contributed by atoms with Gasteiger partial charge in [-0.05, 0) is 0 Å². The fraction of sp³-hybridized carbons (Fsp3) is 0.727. The number of nitrogens with zero attached hydrogens (tertiary/aromatic N) is 3. The normalized spacial score (nSPS) is 21.1. The van der Waals surface area contributed by atoms with Gasteiger partial charge in [-0.25, -0.2) is 9.78 Å². The number of anilines is 1. The van der Waals surface area contributed by atoms with Gasteiger partial charge in [0.2, 0.25) is 5.13 Å². The van der Waals surface area contributed by atoms with Crippen LogP contribution in [0.4, 0.5) is 5.13 Å². The van der Waals surface area contributed by atoms with Crippen LogP contribution in [-0.4, -0.2) is 46.2 Å². The fourth-order valence-electron chi connectivity index (χ4n) is 1.67. The molecule has 100 valence electrons. The highest BCUT2D eigenvalue weighted by atomic mass is 32.1. The highest BCUT2D eigenvalue weighted by Crippen LogP contribution is 2.27. The maximum Gasteiger partial charge on any atom is 0.328 e. The van der Waals surface area contributed by atoms with Crippen molar-refractivity contribution in [1.29, 1.82) is 0 Å². The van der Waals surface area contributed by atoms with E-state index in [9.17, 15) is 9.90 Å². The van der Waals surface area contributed by atoms with E-state index < -0.39 is 12.0 Å². The molecule has 1 saturated heterocycles. The second-order valence-corrected chi connectivity index (χ2v) is 6.00. The number of aromatic nitrogens is 2. The third-order valence-electron chi connectivity index (χ3n) is 2.75. The Morgan fingerprint density at radius 3 is 2.83 bits per heavy atom. The Kier molecular flexibility index (Phi) is 3.54. The molecule has 0 amide bonds. The van der Waals surface area contributed by atoms with E-state index in [-0.39, 0.29) is 12.0 Å². The maximum atomic E-state index is 11.2. The topological polar surface area (TPSA) is 75.6 Å². The lowest BCUT2D eigenvalue weighted by atomic mass is 9.96. The van der Waals surface area contributed by atoms with Gasteiger partial charge in [0.05, 0.1) is 13.2 Å². The van der Waals surface area contributed by atoms with Crippen LogP contribution in [-0.2, 0) is 14.9 Å². The minimum atomic E-state index is -0.887. The van der Waals surface area contributed by atoms with E-state index >= 15 is 0 Å². The van der Waals surface area contributed by atoms with Crippen molar-refractivity contribution in [3.05, 3.63) is 5.82 Å². The Hall–Kier alpha value is -1.21. The van der Waals surface area contributed by atoms with Crippen molar-refractivity contribution in [3.63, 3.8) is 0 Å². The first kappa shape index (κ1) is 13.2. The number of rotatable bonds is 2. The van der Waals surface area contributed by atoms with Gasteiger partial charge in [0.15, 0.2) is 6.04 Å². The summed E-state index contributed by atoms with van der Waals surface area (Å²) in [6.07, 6.45) is 0. The quantitative estimate of drug-likeness (QED) is 0.869. The molecule has 1 fully saturated rings. The van der Waals surface area contributed by atoms with Gasteiger partial charge in [0.25, 0.3) is 0 Å². The monoisotopic (exact) mass is 271 g/mol. The van der Waals surface area contributed by atoms with Crippen LogP contribution in [0.25, 0.3) is 0 Å². The smallest absolute Gasteiger partial charge is 0.328 e. The van der Waals surface area contributed by atoms with Crippen LogP contribution in [0.3, 0.4) is 0 Å². The Morgan fingerprint density at radius 2 is 2.28 bits per heavy atom. The molecule has 2 heterocycles. The summed E-state index contributed by atoms with van der Waals surface area (Å²) < 4.78 is 9.51. The lowest BCUT2D eigenvalue weighted by Crippen LogP contribution is -2.50. The summed E-state index contributed by atoms with van der Waals surface area (Å²) in [5.74, 6) is -0.139. The number of morpholine rings is 1. The summed E-state index contributed by atoms with van der Waals surface area (Å²) in [6.45, 7) is 7.36. The Balaban J connectivity index is 2.24. The van der Waals surface area contributed by atoms with Crippen LogP contribution in [0.15, 0.2) is 0 Å². The lowest BCUT2D eigenvalue weighted by Gasteiger charge is -2.32. The van der Waals surface area contributed by atoms with E-state index in [0.717, 1.165) is 5.82 Å². The molecule has 0 radical (unpaired) electrons. The summed E-state index contributed by atoms with van der Waals surface area (Å²) in [4.78, 5) is 17.4. The molecule has 6 nitrogen and oxygen atoms in total. The first-order chi connectivity index (χ1) is 8.39. The summed E-state index contributed by atoms with van der Waals surface area (Å²) in [5.41, 5.74) is -0.125. The van der Waals surface area contributed by atoms with Crippen molar-refractivity contribution in [1.82, 2.24) is 9.36 Å². The first-order valence-electron chi connectivity index (χ1n) is 5.81. The van der Waals surface area contributed by atoms with Gasteiger partial charge in [0.1, 0.15) is 5.82 Å². The van der Waals surface area contributed by atoms with Crippen molar-refractivity contribution in [2.75, 3.05) is 24.7 Å². The van der Waals surface area contributed by atoms with Gasteiger partial charge >= 0.3 is 5.97 Å². The molecule has 0 spiro atoms. The SMILES string of the molecule is CC(C)(C)c1nsc(N2CCOCC2C(=O)O)n1. The minimum Gasteiger partial charge on any atom is -0.480 e. The van der Waals surface area contributed by atoms with Crippen LogP contribution in [0, 0.1) is 0 Å². The molecule has 0 bridgehead atoms. The largest absolute Gasteiger partial charge is 0.480 e. The average molecular weight is 271 g/mol. The molecule has 0 aromatic carbocycles. The average Bonchev–Trinajstić information content (AvgIpc) is 2.77. The van der Waals surface area contributed by atoms with Gasteiger partial charge in [-0.2, -0.15) is 4.37 Å². The third-order valence-corrected chi connectivity index (χ3v) is 3.50. The Bertz CT molecular complexity index is 441. The summed E-state index contributed by atoms with van der Waals surface area (Å²) in [5, 5.41) is 9.83. The molecule has 1 aromatic heterocycles. The summed E-state index contributed by atoms with van der Waals surface area (Å²) in [6, 6.07) is -0.667. The van der Waals surface area contributed by atoms with E-state index in [1.54, 1.807) is 4.90 Å². The summed E-state index contributed by atoms with van der Waals surface area (Å²) >= 11 is 1.25. The molecule has 18 heavy (non-hydrogen) atoms. The van der Waals surface area contributed by atoms with Gasteiger partial charge in [0, 0.05) is 23.5 Å². The van der Waals surface area contributed by atoms with Gasteiger partial charge in [-0.1, -0.05) is 20.8 Å². The van der Waals surface area contributed by atoms with Gasteiger partial charge in [-0.15, -0.1) is 0 Å². The highest BCUT2D eigenvalue weighted by Gasteiger charge is 2.32. The predicted octanol–water partition coefficient (Wildman–Crippen LogP) is 1.13. The second kappa shape index (κ2) is 4.81. The van der Waals surface area contributed by atoms with E-state index in [1.165, 1.54) is 11.5 Å². The van der Waals surface area contributed by atoms with E-state index in [1.807, 2.05) is 20.8 Å². The van der Waals surface area contributed by atoms with Gasteiger partial charge in [-0.3, -0.25) is 0 Å². The molecule has 2 rings (SSSR count). The number of hydrogen-bond acceptors (Lipinski definition) is 6. The first-order valence-corrected chi connectivity index (χ1v) is 6.58. The molecule has 1 unspecified atom stereocenters.